The van der Waals surface area contributed by atoms with Gasteiger partial charge in [0.15, 0.2) is 0 Å². The van der Waals surface area contributed by atoms with Crippen LogP contribution in [0.2, 0.25) is 0 Å². The lowest BCUT2D eigenvalue weighted by Crippen LogP contribution is -2.43. The fourth-order valence-electron chi connectivity index (χ4n) is 3.05. The van der Waals surface area contributed by atoms with Crippen molar-refractivity contribution in [1.82, 2.24) is 4.90 Å². The molecule has 0 saturated carbocycles. The number of carboxylic acid groups (broad SMARTS) is 1. The van der Waals surface area contributed by atoms with Gasteiger partial charge in [0.05, 0.1) is 12.1 Å². The molecule has 0 radical (unpaired) electrons. The summed E-state index contributed by atoms with van der Waals surface area (Å²) >= 11 is 0. The summed E-state index contributed by atoms with van der Waals surface area (Å²) in [4.78, 5) is 12.8. The van der Waals surface area contributed by atoms with E-state index < -0.39 is 24.1 Å². The van der Waals surface area contributed by atoms with E-state index in [1.165, 1.54) is 23.1 Å². The molecule has 3 atom stereocenters. The molecular formula is C15H20FNO3. The largest absolute Gasteiger partial charge is 0.465 e. The highest BCUT2D eigenvalue weighted by atomic mass is 19.1. The molecule has 1 heterocycles. The van der Waals surface area contributed by atoms with Gasteiger partial charge >= 0.3 is 6.09 Å². The molecule has 4 nitrogen and oxygen atoms in total. The summed E-state index contributed by atoms with van der Waals surface area (Å²) < 4.78 is 13.2. The summed E-state index contributed by atoms with van der Waals surface area (Å²) in [5.41, 5.74) is 0.429. The zero-order valence-corrected chi connectivity index (χ0v) is 11.5. The van der Waals surface area contributed by atoms with Crippen molar-refractivity contribution in [3.63, 3.8) is 0 Å². The van der Waals surface area contributed by atoms with Gasteiger partial charge in [-0.05, 0) is 37.0 Å². The average Bonchev–Trinajstić information content (AvgIpc) is 2.82. The van der Waals surface area contributed by atoms with Crippen LogP contribution in [0.15, 0.2) is 24.3 Å². The van der Waals surface area contributed by atoms with Crippen molar-refractivity contribution in [1.29, 1.82) is 0 Å². The Labute approximate surface area is 117 Å². The molecule has 0 spiro atoms. The zero-order chi connectivity index (χ0) is 14.7. The summed E-state index contributed by atoms with van der Waals surface area (Å²) in [5.74, 6) is -0.425. The SMILES string of the molecule is CCC[C@H]1CC[C@H](C(O)c2cccc(F)c2)N1C(=O)O. The van der Waals surface area contributed by atoms with Crippen LogP contribution in [0.3, 0.4) is 0 Å². The smallest absolute Gasteiger partial charge is 0.407 e. The van der Waals surface area contributed by atoms with Gasteiger partial charge in [0.1, 0.15) is 5.82 Å². The summed E-state index contributed by atoms with van der Waals surface area (Å²) in [6.45, 7) is 2.01. The zero-order valence-electron chi connectivity index (χ0n) is 11.5. The normalized spacial score (nSPS) is 23.9. The van der Waals surface area contributed by atoms with Crippen LogP contribution in [-0.2, 0) is 0 Å². The van der Waals surface area contributed by atoms with Gasteiger partial charge in [-0.1, -0.05) is 25.5 Å². The predicted octanol–water partition coefficient (Wildman–Crippen LogP) is 3.17. The quantitative estimate of drug-likeness (QED) is 0.891. The van der Waals surface area contributed by atoms with Gasteiger partial charge in [-0.3, -0.25) is 4.90 Å². The molecule has 1 saturated heterocycles. The van der Waals surface area contributed by atoms with Gasteiger partial charge in [-0.2, -0.15) is 0 Å². The minimum Gasteiger partial charge on any atom is -0.465 e. The van der Waals surface area contributed by atoms with E-state index in [4.69, 9.17) is 0 Å². The Hall–Kier alpha value is -1.62. The van der Waals surface area contributed by atoms with Crippen LogP contribution >= 0.6 is 0 Å². The van der Waals surface area contributed by atoms with Crippen molar-refractivity contribution in [3.05, 3.63) is 35.6 Å². The van der Waals surface area contributed by atoms with Crippen LogP contribution in [0.1, 0.15) is 44.3 Å². The number of carbonyl (C=O) groups is 1. The second-order valence-electron chi connectivity index (χ2n) is 5.28. The molecule has 2 rings (SSSR count). The monoisotopic (exact) mass is 281 g/mol. The number of likely N-dealkylation sites (tertiary alicyclic amines) is 1. The number of benzene rings is 1. The molecule has 0 aromatic heterocycles. The average molecular weight is 281 g/mol. The maximum absolute atomic E-state index is 13.2. The topological polar surface area (TPSA) is 60.8 Å². The lowest BCUT2D eigenvalue weighted by Gasteiger charge is -2.30. The molecule has 1 aliphatic heterocycles. The van der Waals surface area contributed by atoms with Gasteiger partial charge in [-0.15, -0.1) is 0 Å². The minimum atomic E-state index is -1.01. The molecule has 0 aliphatic carbocycles. The van der Waals surface area contributed by atoms with Crippen LogP contribution in [0, 0.1) is 5.82 Å². The number of aliphatic hydroxyl groups is 1. The first kappa shape index (κ1) is 14.8. The number of aliphatic hydroxyl groups excluding tert-OH is 1. The number of halogens is 1. The van der Waals surface area contributed by atoms with E-state index in [-0.39, 0.29) is 6.04 Å². The summed E-state index contributed by atoms with van der Waals surface area (Å²) in [6, 6.07) is 5.17. The van der Waals surface area contributed by atoms with E-state index in [2.05, 4.69) is 0 Å². The highest BCUT2D eigenvalue weighted by Gasteiger charge is 2.40. The van der Waals surface area contributed by atoms with Crippen molar-refractivity contribution in [3.8, 4) is 0 Å². The molecule has 1 unspecified atom stereocenters. The van der Waals surface area contributed by atoms with Crippen LogP contribution in [0.5, 0.6) is 0 Å². The summed E-state index contributed by atoms with van der Waals surface area (Å²) in [6.07, 6.45) is 1.05. The van der Waals surface area contributed by atoms with Gasteiger partial charge in [0, 0.05) is 6.04 Å². The molecule has 1 amide bonds. The van der Waals surface area contributed by atoms with Crippen LogP contribution < -0.4 is 0 Å². The highest BCUT2D eigenvalue weighted by molar-refractivity contribution is 5.66. The second-order valence-corrected chi connectivity index (χ2v) is 5.28. The van der Waals surface area contributed by atoms with E-state index in [0.29, 0.717) is 12.0 Å². The van der Waals surface area contributed by atoms with Gasteiger partial charge in [0.25, 0.3) is 0 Å². The fraction of sp³-hybridized carbons (Fsp3) is 0.533. The third-order valence-electron chi connectivity index (χ3n) is 3.94. The Morgan fingerprint density at radius 3 is 2.85 bits per heavy atom. The highest BCUT2D eigenvalue weighted by Crippen LogP contribution is 2.35. The Morgan fingerprint density at radius 1 is 1.50 bits per heavy atom. The van der Waals surface area contributed by atoms with Gasteiger partial charge in [0.2, 0.25) is 0 Å². The molecule has 1 aromatic rings. The van der Waals surface area contributed by atoms with Crippen molar-refractivity contribution in [2.75, 3.05) is 0 Å². The number of rotatable bonds is 4. The molecular weight excluding hydrogens is 261 g/mol. The molecule has 110 valence electrons. The third kappa shape index (κ3) is 2.93. The number of nitrogens with zero attached hydrogens (tertiary/aromatic N) is 1. The first-order valence-corrected chi connectivity index (χ1v) is 6.99. The third-order valence-corrected chi connectivity index (χ3v) is 3.94. The predicted molar refractivity (Wildman–Crippen MR) is 72.9 cm³/mol. The van der Waals surface area contributed by atoms with E-state index >= 15 is 0 Å². The van der Waals surface area contributed by atoms with E-state index in [1.54, 1.807) is 6.07 Å². The number of hydrogen-bond donors (Lipinski definition) is 2. The lowest BCUT2D eigenvalue weighted by molar-refractivity contribution is 0.0525. The maximum Gasteiger partial charge on any atom is 0.407 e. The van der Waals surface area contributed by atoms with Crippen LogP contribution in [0.4, 0.5) is 9.18 Å². The summed E-state index contributed by atoms with van der Waals surface area (Å²) in [5, 5.41) is 19.8. The maximum atomic E-state index is 13.2. The van der Waals surface area contributed by atoms with E-state index in [9.17, 15) is 19.4 Å². The molecule has 1 aliphatic rings. The molecule has 0 bridgehead atoms. The molecule has 1 aromatic carbocycles. The number of hydrogen-bond acceptors (Lipinski definition) is 2. The lowest BCUT2D eigenvalue weighted by atomic mass is 10.0. The first-order chi connectivity index (χ1) is 9.54. The molecule has 5 heteroatoms. The Bertz CT molecular complexity index is 480. The van der Waals surface area contributed by atoms with Crippen LogP contribution in [-0.4, -0.2) is 33.3 Å². The first-order valence-electron chi connectivity index (χ1n) is 6.99. The minimum absolute atomic E-state index is 0.0503. The molecule has 2 N–H and O–H groups in total. The van der Waals surface area contributed by atoms with Crippen molar-refractivity contribution in [2.24, 2.45) is 0 Å². The van der Waals surface area contributed by atoms with E-state index in [1.807, 2.05) is 6.92 Å². The standard InChI is InChI=1S/C15H20FNO3/c1-2-4-12-7-8-13(17(12)15(19)20)14(18)10-5-3-6-11(16)9-10/h3,5-6,9,12-14,18H,2,4,7-8H2,1H3,(H,19,20)/t12-,13+,14?/m0/s1. The van der Waals surface area contributed by atoms with Gasteiger partial charge < -0.3 is 10.2 Å². The molecule has 20 heavy (non-hydrogen) atoms. The van der Waals surface area contributed by atoms with Crippen LogP contribution in [0.25, 0.3) is 0 Å². The van der Waals surface area contributed by atoms with E-state index in [0.717, 1.165) is 19.3 Å². The van der Waals surface area contributed by atoms with Gasteiger partial charge in [-0.25, -0.2) is 9.18 Å². The van der Waals surface area contributed by atoms with Crippen molar-refractivity contribution >= 4 is 6.09 Å². The Balaban J connectivity index is 2.20. The molecule has 1 fully saturated rings. The Kier molecular flexibility index (Phi) is 4.60. The van der Waals surface area contributed by atoms with Crippen molar-refractivity contribution in [2.45, 2.75) is 50.8 Å². The second kappa shape index (κ2) is 6.22. The Morgan fingerprint density at radius 2 is 2.25 bits per heavy atom. The van der Waals surface area contributed by atoms with Crippen molar-refractivity contribution < 1.29 is 19.4 Å². The fourth-order valence-corrected chi connectivity index (χ4v) is 3.05. The summed E-state index contributed by atoms with van der Waals surface area (Å²) in [7, 11) is 0. The number of amides is 1.